The molecule has 14 heteroatoms. The molecule has 1 aromatic carbocycles. The number of ether oxygens (including phenoxy) is 1. The number of nitrogens with zero attached hydrogens (tertiary/aromatic N) is 5. The van der Waals surface area contributed by atoms with Crippen LogP contribution in [0.3, 0.4) is 0 Å². The number of aromatic nitrogens is 5. The number of tetrazole rings is 1. The number of aliphatic carboxylic acids is 2. The number of rotatable bonds is 8. The summed E-state index contributed by atoms with van der Waals surface area (Å²) in [5, 5.41) is 32.5. The molecule has 12 nitrogen and oxygen atoms in total. The molecular weight excluding hydrogens is 460 g/mol. The van der Waals surface area contributed by atoms with Gasteiger partial charge in [0.05, 0.1) is 18.6 Å². The highest BCUT2D eigenvalue weighted by atomic mass is 32.2. The van der Waals surface area contributed by atoms with Crippen LogP contribution in [0.2, 0.25) is 0 Å². The van der Waals surface area contributed by atoms with Gasteiger partial charge in [0.1, 0.15) is 5.75 Å². The van der Waals surface area contributed by atoms with Crippen molar-refractivity contribution in [1.82, 2.24) is 25.2 Å². The normalized spacial score (nSPS) is 10.3. The summed E-state index contributed by atoms with van der Waals surface area (Å²) in [7, 11) is 3.35. The summed E-state index contributed by atoms with van der Waals surface area (Å²) in [6.07, 6.45) is 1.12. The standard InChI is InChI=1S/C14H14N6O2S2.C4H4O4/c1-20-14(17-18-19-20)24-8-12(21)16-13-15-11(7-23-13)9-3-5-10(22-2)6-4-9;5-3(6)1-2-4(7)8/h3-7H,8H2,1-2H3,(H,15,16,21);1-2H,(H,5,6)(H,7,8)/b;2-1+. The van der Waals surface area contributed by atoms with E-state index in [0.717, 1.165) is 17.0 Å². The Morgan fingerprint density at radius 3 is 2.38 bits per heavy atom. The van der Waals surface area contributed by atoms with E-state index in [0.29, 0.717) is 22.4 Å². The van der Waals surface area contributed by atoms with E-state index in [1.165, 1.54) is 27.8 Å². The number of carboxylic acids is 2. The first-order valence-corrected chi connectivity index (χ1v) is 10.5. The zero-order valence-corrected chi connectivity index (χ0v) is 18.5. The molecule has 0 atom stereocenters. The molecule has 0 aliphatic rings. The smallest absolute Gasteiger partial charge is 0.328 e. The Bertz CT molecular complexity index is 1080. The van der Waals surface area contributed by atoms with Crippen molar-refractivity contribution in [2.75, 3.05) is 18.2 Å². The Balaban J connectivity index is 0.000000390. The maximum absolute atomic E-state index is 12.0. The van der Waals surface area contributed by atoms with Crippen LogP contribution in [-0.2, 0) is 21.4 Å². The maximum Gasteiger partial charge on any atom is 0.328 e. The van der Waals surface area contributed by atoms with Crippen molar-refractivity contribution >= 4 is 46.1 Å². The molecule has 0 saturated carbocycles. The van der Waals surface area contributed by atoms with E-state index < -0.39 is 11.9 Å². The lowest BCUT2D eigenvalue weighted by molar-refractivity contribution is -0.134. The molecule has 2 aromatic heterocycles. The molecule has 0 spiro atoms. The van der Waals surface area contributed by atoms with Gasteiger partial charge in [-0.2, -0.15) is 0 Å². The third-order valence-electron chi connectivity index (χ3n) is 3.42. The molecule has 0 aliphatic heterocycles. The van der Waals surface area contributed by atoms with Crippen molar-refractivity contribution in [2.45, 2.75) is 5.16 Å². The minimum absolute atomic E-state index is 0.154. The number of methoxy groups -OCH3 is 1. The van der Waals surface area contributed by atoms with Gasteiger partial charge in [-0.1, -0.05) is 11.8 Å². The summed E-state index contributed by atoms with van der Waals surface area (Å²) in [5.74, 6) is -1.66. The predicted molar refractivity (Wildman–Crippen MR) is 117 cm³/mol. The minimum atomic E-state index is -1.26. The summed E-state index contributed by atoms with van der Waals surface area (Å²) < 4.78 is 6.65. The van der Waals surface area contributed by atoms with Crippen LogP contribution in [-0.4, -0.2) is 66.1 Å². The van der Waals surface area contributed by atoms with Crippen LogP contribution in [0.25, 0.3) is 11.3 Å². The Hall–Kier alpha value is -3.78. The van der Waals surface area contributed by atoms with Gasteiger partial charge >= 0.3 is 11.9 Å². The zero-order chi connectivity index (χ0) is 23.5. The summed E-state index contributed by atoms with van der Waals surface area (Å²) in [6.45, 7) is 0. The van der Waals surface area contributed by atoms with Crippen LogP contribution in [0, 0.1) is 0 Å². The van der Waals surface area contributed by atoms with Gasteiger partial charge in [0.15, 0.2) is 5.13 Å². The van der Waals surface area contributed by atoms with Gasteiger partial charge in [0.2, 0.25) is 11.1 Å². The topological polar surface area (TPSA) is 169 Å². The summed E-state index contributed by atoms with van der Waals surface area (Å²) in [6, 6.07) is 7.60. The van der Waals surface area contributed by atoms with Gasteiger partial charge in [-0.25, -0.2) is 19.3 Å². The van der Waals surface area contributed by atoms with Crippen LogP contribution >= 0.6 is 23.1 Å². The summed E-state index contributed by atoms with van der Waals surface area (Å²) in [4.78, 5) is 35.5. The second kappa shape index (κ2) is 12.2. The predicted octanol–water partition coefficient (Wildman–Crippen LogP) is 1.78. The van der Waals surface area contributed by atoms with E-state index in [2.05, 4.69) is 25.8 Å². The number of thioether (sulfide) groups is 1. The highest BCUT2D eigenvalue weighted by molar-refractivity contribution is 7.99. The first kappa shape index (κ1) is 24.5. The van der Waals surface area contributed by atoms with E-state index in [4.69, 9.17) is 14.9 Å². The van der Waals surface area contributed by atoms with Crippen molar-refractivity contribution in [3.05, 3.63) is 41.8 Å². The number of carbonyl (C=O) groups excluding carboxylic acids is 1. The van der Waals surface area contributed by atoms with Crippen LogP contribution in [0.1, 0.15) is 0 Å². The second-order valence-corrected chi connectivity index (χ2v) is 7.50. The maximum atomic E-state index is 12.0. The highest BCUT2D eigenvalue weighted by Crippen LogP contribution is 2.26. The van der Waals surface area contributed by atoms with Crippen molar-refractivity contribution in [3.63, 3.8) is 0 Å². The molecular formula is C18H18N6O6S2. The SMILES string of the molecule is COc1ccc(-c2csc(NC(=O)CSc3nnnn3C)n2)cc1.O=C(O)/C=C/C(=O)O. The third kappa shape index (κ3) is 8.16. The Morgan fingerprint density at radius 1 is 1.19 bits per heavy atom. The fourth-order valence-electron chi connectivity index (χ4n) is 2.00. The lowest BCUT2D eigenvalue weighted by Gasteiger charge is -2.01. The molecule has 2 heterocycles. The molecule has 0 aliphatic carbocycles. The number of hydrogen-bond acceptors (Lipinski definition) is 10. The number of carboxylic acid groups (broad SMARTS) is 2. The quantitative estimate of drug-likeness (QED) is 0.318. The number of nitrogens with one attached hydrogen (secondary N) is 1. The lowest BCUT2D eigenvalue weighted by Crippen LogP contribution is -2.14. The molecule has 3 rings (SSSR count). The fraction of sp³-hybridized carbons (Fsp3) is 0.167. The van der Waals surface area contributed by atoms with Gasteiger partial charge in [-0.05, 0) is 34.7 Å². The van der Waals surface area contributed by atoms with Gasteiger partial charge in [0, 0.05) is 30.1 Å². The number of thiazole rings is 1. The van der Waals surface area contributed by atoms with Crippen molar-refractivity contribution in [1.29, 1.82) is 0 Å². The van der Waals surface area contributed by atoms with Crippen LogP contribution in [0.5, 0.6) is 5.75 Å². The van der Waals surface area contributed by atoms with Gasteiger partial charge in [0.25, 0.3) is 0 Å². The molecule has 0 saturated heterocycles. The number of anilines is 1. The van der Waals surface area contributed by atoms with Crippen molar-refractivity contribution < 1.29 is 29.3 Å². The molecule has 0 bridgehead atoms. The van der Waals surface area contributed by atoms with Crippen molar-refractivity contribution in [3.8, 4) is 17.0 Å². The zero-order valence-electron chi connectivity index (χ0n) is 16.8. The number of aryl methyl sites for hydroxylation is 1. The number of amides is 1. The Kier molecular flexibility index (Phi) is 9.31. The molecule has 32 heavy (non-hydrogen) atoms. The third-order valence-corrected chi connectivity index (χ3v) is 5.19. The number of benzene rings is 1. The van der Waals surface area contributed by atoms with E-state index in [1.807, 2.05) is 29.6 Å². The molecule has 168 valence electrons. The van der Waals surface area contributed by atoms with Crippen LogP contribution < -0.4 is 10.1 Å². The van der Waals surface area contributed by atoms with Crippen LogP contribution in [0.4, 0.5) is 5.13 Å². The Labute approximate surface area is 189 Å². The first-order chi connectivity index (χ1) is 15.3. The largest absolute Gasteiger partial charge is 0.497 e. The van der Waals surface area contributed by atoms with Crippen molar-refractivity contribution in [2.24, 2.45) is 7.05 Å². The highest BCUT2D eigenvalue weighted by Gasteiger charge is 2.11. The molecule has 0 unspecified atom stereocenters. The second-order valence-electron chi connectivity index (χ2n) is 5.70. The lowest BCUT2D eigenvalue weighted by atomic mass is 10.2. The monoisotopic (exact) mass is 478 g/mol. The number of hydrogen-bond donors (Lipinski definition) is 3. The van der Waals surface area contributed by atoms with Crippen LogP contribution in [0.15, 0.2) is 47.0 Å². The molecule has 1 amide bonds. The molecule has 3 aromatic rings. The van der Waals surface area contributed by atoms with E-state index in [9.17, 15) is 14.4 Å². The average molecular weight is 479 g/mol. The van der Waals surface area contributed by atoms with Gasteiger partial charge < -0.3 is 20.3 Å². The molecule has 3 N–H and O–H groups in total. The summed E-state index contributed by atoms with van der Waals surface area (Å²) in [5.41, 5.74) is 1.77. The van der Waals surface area contributed by atoms with E-state index >= 15 is 0 Å². The van der Waals surface area contributed by atoms with Gasteiger partial charge in [-0.15, -0.1) is 16.4 Å². The van der Waals surface area contributed by atoms with E-state index in [1.54, 1.807) is 14.2 Å². The molecule has 0 fully saturated rings. The Morgan fingerprint density at radius 2 is 1.84 bits per heavy atom. The van der Waals surface area contributed by atoms with E-state index in [-0.39, 0.29) is 11.7 Å². The fourth-order valence-corrected chi connectivity index (χ4v) is 3.38. The molecule has 0 radical (unpaired) electrons. The first-order valence-electron chi connectivity index (χ1n) is 8.67. The minimum Gasteiger partial charge on any atom is -0.497 e. The summed E-state index contributed by atoms with van der Waals surface area (Å²) >= 11 is 2.65. The number of carbonyl (C=O) groups is 3. The average Bonchev–Trinajstić information content (AvgIpc) is 3.40. The van der Waals surface area contributed by atoms with Gasteiger partial charge in [-0.3, -0.25) is 4.79 Å².